The van der Waals surface area contributed by atoms with Crippen LogP contribution in [0.5, 0.6) is 0 Å². The van der Waals surface area contributed by atoms with Gasteiger partial charge in [-0.3, -0.25) is 4.98 Å². The monoisotopic (exact) mass is 567 g/mol. The van der Waals surface area contributed by atoms with Crippen molar-refractivity contribution in [3.63, 3.8) is 0 Å². The van der Waals surface area contributed by atoms with Gasteiger partial charge in [-0.15, -0.1) is 11.3 Å². The largest absolute Gasteiger partial charge is 0.264 e. The molecule has 0 bridgehead atoms. The van der Waals surface area contributed by atoms with Crippen LogP contribution >= 0.6 is 11.3 Å². The van der Waals surface area contributed by atoms with Crippen molar-refractivity contribution in [1.82, 2.24) is 15.0 Å². The third-order valence-corrected chi connectivity index (χ3v) is 8.95. The van der Waals surface area contributed by atoms with Gasteiger partial charge in [0.15, 0.2) is 5.82 Å². The van der Waals surface area contributed by atoms with Gasteiger partial charge >= 0.3 is 0 Å². The Morgan fingerprint density at radius 1 is 0.395 bits per heavy atom. The molecule has 0 atom stereocenters. The zero-order valence-corrected chi connectivity index (χ0v) is 24.0. The number of rotatable bonds is 5. The van der Waals surface area contributed by atoms with Crippen molar-refractivity contribution in [3.05, 3.63) is 152 Å². The molecule has 0 unspecified atom stereocenters. The van der Waals surface area contributed by atoms with E-state index in [4.69, 9.17) is 9.97 Å². The van der Waals surface area contributed by atoms with E-state index < -0.39 is 0 Å². The zero-order valence-electron chi connectivity index (χ0n) is 23.2. The minimum atomic E-state index is 0.695. The molecule has 43 heavy (non-hydrogen) atoms. The van der Waals surface area contributed by atoms with E-state index in [0.29, 0.717) is 5.82 Å². The fourth-order valence-electron chi connectivity index (χ4n) is 5.59. The lowest BCUT2D eigenvalue weighted by Gasteiger charge is -2.11. The van der Waals surface area contributed by atoms with Gasteiger partial charge in [0.1, 0.15) is 0 Å². The highest BCUT2D eigenvalue weighted by atomic mass is 32.1. The lowest BCUT2D eigenvalue weighted by atomic mass is 10.00. The molecular weight excluding hydrogens is 543 g/mol. The van der Waals surface area contributed by atoms with Gasteiger partial charge in [-0.25, -0.2) is 9.97 Å². The Balaban J connectivity index is 1.20. The number of pyridine rings is 1. The highest BCUT2D eigenvalue weighted by molar-refractivity contribution is 7.25. The molecule has 0 amide bonds. The average molecular weight is 568 g/mol. The van der Waals surface area contributed by atoms with Crippen molar-refractivity contribution < 1.29 is 0 Å². The van der Waals surface area contributed by atoms with Crippen LogP contribution in [0.1, 0.15) is 0 Å². The Morgan fingerprint density at radius 2 is 1.02 bits per heavy atom. The van der Waals surface area contributed by atoms with Crippen molar-refractivity contribution in [2.24, 2.45) is 0 Å². The zero-order chi connectivity index (χ0) is 28.6. The average Bonchev–Trinajstić information content (AvgIpc) is 3.47. The summed E-state index contributed by atoms with van der Waals surface area (Å²) in [5.41, 5.74) is 9.40. The van der Waals surface area contributed by atoms with Crippen LogP contribution in [0.15, 0.2) is 152 Å². The summed E-state index contributed by atoms with van der Waals surface area (Å²) in [6.07, 6.45) is 3.67. The summed E-state index contributed by atoms with van der Waals surface area (Å²) >= 11 is 1.85. The first-order chi connectivity index (χ1) is 21.3. The molecule has 202 valence electrons. The highest BCUT2D eigenvalue weighted by Gasteiger charge is 2.13. The molecular formula is C39H25N3S. The standard InChI is InChI=1S/C39H25N3S/c1-2-8-27(9-3-1)35-24-36(42-39(41-35)31-11-6-10-29(22-31)32-12-7-21-40-25-32)28-17-15-26(16-18-28)30-19-20-38-34(23-30)33-13-4-5-14-37(33)43-38/h1-25H. The number of hydrogen-bond donors (Lipinski definition) is 0. The molecule has 3 nitrogen and oxygen atoms in total. The van der Waals surface area contributed by atoms with Crippen LogP contribution in [0.4, 0.5) is 0 Å². The summed E-state index contributed by atoms with van der Waals surface area (Å²) in [4.78, 5) is 14.4. The quantitative estimate of drug-likeness (QED) is 0.208. The second-order valence-corrected chi connectivity index (χ2v) is 11.6. The van der Waals surface area contributed by atoms with Crippen molar-refractivity contribution >= 4 is 31.5 Å². The van der Waals surface area contributed by atoms with Crippen molar-refractivity contribution in [2.75, 3.05) is 0 Å². The molecule has 0 radical (unpaired) electrons. The molecule has 0 aliphatic heterocycles. The van der Waals surface area contributed by atoms with Gasteiger partial charge in [-0.2, -0.15) is 0 Å². The molecule has 0 saturated heterocycles. The Hall–Kier alpha value is -5.45. The van der Waals surface area contributed by atoms with Gasteiger partial charge in [0.05, 0.1) is 11.4 Å². The van der Waals surface area contributed by atoms with Gasteiger partial charge in [0.25, 0.3) is 0 Å². The third kappa shape index (κ3) is 4.88. The third-order valence-electron chi connectivity index (χ3n) is 7.80. The van der Waals surface area contributed by atoms with Crippen LogP contribution in [-0.4, -0.2) is 15.0 Å². The molecule has 0 aliphatic carbocycles. The minimum Gasteiger partial charge on any atom is -0.264 e. The normalized spacial score (nSPS) is 11.3. The van der Waals surface area contributed by atoms with Crippen LogP contribution in [0.25, 0.3) is 76.3 Å². The molecule has 3 aromatic heterocycles. The first-order valence-corrected chi connectivity index (χ1v) is 15.1. The number of hydrogen-bond acceptors (Lipinski definition) is 4. The van der Waals surface area contributed by atoms with Crippen LogP contribution in [0.2, 0.25) is 0 Å². The first kappa shape index (κ1) is 25.3. The predicted molar refractivity (Wildman–Crippen MR) is 180 cm³/mol. The molecule has 3 heterocycles. The summed E-state index contributed by atoms with van der Waals surface area (Å²) in [5.74, 6) is 0.695. The van der Waals surface area contributed by atoms with E-state index in [2.05, 4.69) is 120 Å². The van der Waals surface area contributed by atoms with Gasteiger partial charge in [-0.05, 0) is 53.1 Å². The highest BCUT2D eigenvalue weighted by Crippen LogP contribution is 2.37. The summed E-state index contributed by atoms with van der Waals surface area (Å²) < 4.78 is 2.64. The maximum absolute atomic E-state index is 5.08. The van der Waals surface area contributed by atoms with E-state index in [0.717, 1.165) is 39.2 Å². The van der Waals surface area contributed by atoms with Crippen molar-refractivity contribution in [3.8, 4) is 56.2 Å². The second-order valence-electron chi connectivity index (χ2n) is 10.5. The summed E-state index contributed by atoms with van der Waals surface area (Å²) in [5, 5.41) is 2.62. The van der Waals surface area contributed by atoms with E-state index in [1.807, 2.05) is 41.8 Å². The second kappa shape index (κ2) is 10.8. The van der Waals surface area contributed by atoms with E-state index in [1.165, 1.54) is 31.3 Å². The van der Waals surface area contributed by atoms with Crippen LogP contribution < -0.4 is 0 Å². The summed E-state index contributed by atoms with van der Waals surface area (Å²) in [6.45, 7) is 0. The number of benzene rings is 5. The topological polar surface area (TPSA) is 38.7 Å². The lowest BCUT2D eigenvalue weighted by molar-refractivity contribution is 1.18. The molecule has 0 aliphatic rings. The number of thiophene rings is 1. The maximum Gasteiger partial charge on any atom is 0.160 e. The Morgan fingerprint density at radius 3 is 1.84 bits per heavy atom. The molecule has 4 heteroatoms. The van der Waals surface area contributed by atoms with Crippen LogP contribution in [0, 0.1) is 0 Å². The maximum atomic E-state index is 5.08. The first-order valence-electron chi connectivity index (χ1n) is 14.3. The Bertz CT molecular complexity index is 2220. The molecule has 0 spiro atoms. The molecule has 8 rings (SSSR count). The van der Waals surface area contributed by atoms with E-state index in [1.54, 1.807) is 6.20 Å². The van der Waals surface area contributed by atoms with Gasteiger partial charge in [0.2, 0.25) is 0 Å². The van der Waals surface area contributed by atoms with E-state index >= 15 is 0 Å². The van der Waals surface area contributed by atoms with Gasteiger partial charge in [-0.1, -0.05) is 103 Å². The molecule has 5 aromatic carbocycles. The number of aromatic nitrogens is 3. The van der Waals surface area contributed by atoms with Gasteiger partial charge < -0.3 is 0 Å². The van der Waals surface area contributed by atoms with E-state index in [9.17, 15) is 0 Å². The number of fused-ring (bicyclic) bond motifs is 3. The molecule has 8 aromatic rings. The lowest BCUT2D eigenvalue weighted by Crippen LogP contribution is -1.96. The summed E-state index contributed by atoms with van der Waals surface area (Å²) in [6, 6.07) is 48.9. The van der Waals surface area contributed by atoms with Gasteiger partial charge in [0, 0.05) is 54.8 Å². The summed E-state index contributed by atoms with van der Waals surface area (Å²) in [7, 11) is 0. The van der Waals surface area contributed by atoms with Crippen LogP contribution in [0.3, 0.4) is 0 Å². The molecule has 0 saturated carbocycles. The van der Waals surface area contributed by atoms with Crippen molar-refractivity contribution in [1.29, 1.82) is 0 Å². The van der Waals surface area contributed by atoms with Crippen molar-refractivity contribution in [2.45, 2.75) is 0 Å². The minimum absolute atomic E-state index is 0.695. The Kier molecular flexibility index (Phi) is 6.32. The smallest absolute Gasteiger partial charge is 0.160 e. The number of nitrogens with zero attached hydrogens (tertiary/aromatic N) is 3. The van der Waals surface area contributed by atoms with E-state index in [-0.39, 0.29) is 0 Å². The fourth-order valence-corrected chi connectivity index (χ4v) is 6.68. The molecule has 0 N–H and O–H groups in total. The van der Waals surface area contributed by atoms with Crippen LogP contribution in [-0.2, 0) is 0 Å². The predicted octanol–water partition coefficient (Wildman–Crippen LogP) is 10.6. The molecule has 0 fully saturated rings. The fraction of sp³-hybridized carbons (Fsp3) is 0. The SMILES string of the molecule is c1ccc(-c2cc(-c3ccc(-c4ccc5sc6ccccc6c5c4)cc3)nc(-c3cccc(-c4cccnc4)c3)n2)cc1. The Labute approximate surface area is 253 Å².